The molecule has 2 aromatic heterocycles. The number of hydrogen-bond donors (Lipinski definition) is 0. The van der Waals surface area contributed by atoms with Crippen LogP contribution < -0.4 is 4.74 Å². The summed E-state index contributed by atoms with van der Waals surface area (Å²) in [7, 11) is 1.77. The smallest absolute Gasteiger partial charge is 0.261 e. The predicted octanol–water partition coefficient (Wildman–Crippen LogP) is 5.25. The summed E-state index contributed by atoms with van der Waals surface area (Å²) in [5.41, 5.74) is 3.20. The van der Waals surface area contributed by atoms with E-state index in [0.717, 1.165) is 30.4 Å². The number of rotatable bonds is 4. The molecule has 0 radical (unpaired) electrons. The summed E-state index contributed by atoms with van der Waals surface area (Å²) >= 11 is 6.37. The molecule has 6 nitrogen and oxygen atoms in total. The highest BCUT2D eigenvalue weighted by Gasteiger charge is 2.33. The number of pyridine rings is 1. The fourth-order valence-corrected chi connectivity index (χ4v) is 4.30. The van der Waals surface area contributed by atoms with E-state index in [1.807, 2.05) is 55.3 Å². The van der Waals surface area contributed by atoms with E-state index in [4.69, 9.17) is 16.3 Å². The second kappa shape index (κ2) is 8.48. The van der Waals surface area contributed by atoms with E-state index < -0.39 is 0 Å². The minimum Gasteiger partial charge on any atom is -0.437 e. The molecule has 30 heavy (non-hydrogen) atoms. The summed E-state index contributed by atoms with van der Waals surface area (Å²) < 4.78 is 7.71. The van der Waals surface area contributed by atoms with Crippen LogP contribution in [0.1, 0.15) is 52.5 Å². The van der Waals surface area contributed by atoms with Gasteiger partial charge in [-0.05, 0) is 62.4 Å². The first-order valence-electron chi connectivity index (χ1n) is 10.1. The van der Waals surface area contributed by atoms with Crippen LogP contribution in [0, 0.1) is 13.8 Å². The Morgan fingerprint density at radius 2 is 2.07 bits per heavy atom. The predicted molar refractivity (Wildman–Crippen MR) is 116 cm³/mol. The zero-order valence-corrected chi connectivity index (χ0v) is 18.2. The summed E-state index contributed by atoms with van der Waals surface area (Å²) in [5.74, 6) is 0.827. The molecule has 1 fully saturated rings. The molecule has 3 heterocycles. The van der Waals surface area contributed by atoms with Gasteiger partial charge >= 0.3 is 0 Å². The Morgan fingerprint density at radius 3 is 2.80 bits per heavy atom. The van der Waals surface area contributed by atoms with Crippen molar-refractivity contribution in [1.29, 1.82) is 0 Å². The number of carbonyl (C=O) groups is 1. The topological polar surface area (TPSA) is 60.2 Å². The van der Waals surface area contributed by atoms with Crippen molar-refractivity contribution < 1.29 is 9.53 Å². The van der Waals surface area contributed by atoms with Gasteiger partial charge in [0.05, 0.1) is 16.8 Å². The van der Waals surface area contributed by atoms with Crippen molar-refractivity contribution in [1.82, 2.24) is 19.7 Å². The Bertz CT molecular complexity index is 1060. The fourth-order valence-electron chi connectivity index (χ4n) is 4.03. The van der Waals surface area contributed by atoms with Gasteiger partial charge in [-0.3, -0.25) is 9.78 Å². The number of piperidine rings is 1. The van der Waals surface area contributed by atoms with E-state index >= 15 is 0 Å². The minimum absolute atomic E-state index is 0.00429. The van der Waals surface area contributed by atoms with Gasteiger partial charge in [-0.25, -0.2) is 4.68 Å². The van der Waals surface area contributed by atoms with Gasteiger partial charge in [-0.1, -0.05) is 23.7 Å². The van der Waals surface area contributed by atoms with Crippen molar-refractivity contribution in [2.45, 2.75) is 39.2 Å². The molecule has 4 rings (SSSR count). The SMILES string of the molecule is Cc1ccc(Oc2c(C(=O)N3CCCCC3c3cccnc3)c(C)nn2C)c(Cl)c1. The van der Waals surface area contributed by atoms with E-state index in [9.17, 15) is 4.79 Å². The maximum atomic E-state index is 13.7. The molecule has 0 spiro atoms. The molecule has 3 aromatic rings. The van der Waals surface area contributed by atoms with Crippen molar-refractivity contribution in [2.24, 2.45) is 7.05 Å². The van der Waals surface area contributed by atoms with Crippen molar-refractivity contribution in [3.63, 3.8) is 0 Å². The standard InChI is InChI=1S/C23H25ClN4O2/c1-15-9-10-20(18(24)13-15)30-23-21(16(2)26-27(23)3)22(29)28-12-5-4-8-19(28)17-7-6-11-25-14-17/h6-7,9-11,13-14,19H,4-5,8,12H2,1-3H3. The Morgan fingerprint density at radius 1 is 1.23 bits per heavy atom. The van der Waals surface area contributed by atoms with Crippen molar-refractivity contribution in [3.8, 4) is 11.6 Å². The van der Waals surface area contributed by atoms with E-state index in [0.29, 0.717) is 34.5 Å². The number of amides is 1. The number of carbonyl (C=O) groups excluding carboxylic acids is 1. The highest BCUT2D eigenvalue weighted by molar-refractivity contribution is 6.32. The van der Waals surface area contributed by atoms with E-state index in [1.165, 1.54) is 0 Å². The number of nitrogens with zero attached hydrogens (tertiary/aromatic N) is 4. The van der Waals surface area contributed by atoms with E-state index in [-0.39, 0.29) is 11.9 Å². The lowest BCUT2D eigenvalue weighted by molar-refractivity contribution is 0.0607. The summed E-state index contributed by atoms with van der Waals surface area (Å²) in [5, 5.41) is 4.96. The average molecular weight is 425 g/mol. The molecule has 7 heteroatoms. The van der Waals surface area contributed by atoms with Crippen LogP contribution in [0.25, 0.3) is 0 Å². The zero-order chi connectivity index (χ0) is 21.3. The second-order valence-electron chi connectivity index (χ2n) is 7.72. The average Bonchev–Trinajstić information content (AvgIpc) is 3.03. The molecular weight excluding hydrogens is 400 g/mol. The normalized spacial score (nSPS) is 16.5. The van der Waals surface area contributed by atoms with Gasteiger partial charge in [0.1, 0.15) is 11.3 Å². The first-order valence-corrected chi connectivity index (χ1v) is 10.5. The summed E-state index contributed by atoms with van der Waals surface area (Å²) in [4.78, 5) is 19.9. The number of hydrogen-bond acceptors (Lipinski definition) is 4. The van der Waals surface area contributed by atoms with Crippen LogP contribution in [0.15, 0.2) is 42.7 Å². The Labute approximate surface area is 181 Å². The van der Waals surface area contributed by atoms with Crippen LogP contribution in [0.3, 0.4) is 0 Å². The van der Waals surface area contributed by atoms with Crippen LogP contribution in [-0.4, -0.2) is 32.1 Å². The molecule has 1 amide bonds. The summed E-state index contributed by atoms with van der Waals surface area (Å²) in [6.07, 6.45) is 6.56. The number of ether oxygens (including phenoxy) is 1. The number of benzene rings is 1. The molecule has 1 atom stereocenters. The summed E-state index contributed by atoms with van der Waals surface area (Å²) in [6, 6.07) is 9.52. The molecular formula is C23H25ClN4O2. The van der Waals surface area contributed by atoms with Crippen LogP contribution >= 0.6 is 11.6 Å². The molecule has 0 bridgehead atoms. The maximum Gasteiger partial charge on any atom is 0.261 e. The van der Waals surface area contributed by atoms with Crippen molar-refractivity contribution >= 4 is 17.5 Å². The third kappa shape index (κ3) is 3.92. The maximum absolute atomic E-state index is 13.7. The number of aryl methyl sites for hydroxylation is 3. The van der Waals surface area contributed by atoms with Gasteiger partial charge < -0.3 is 9.64 Å². The Hall–Kier alpha value is -2.86. The van der Waals surface area contributed by atoms with Crippen molar-refractivity contribution in [3.05, 3.63) is 70.1 Å². The Kier molecular flexibility index (Phi) is 5.77. The summed E-state index contributed by atoms with van der Waals surface area (Å²) in [6.45, 7) is 4.49. The highest BCUT2D eigenvalue weighted by atomic mass is 35.5. The molecule has 0 N–H and O–H groups in total. The molecule has 0 aliphatic carbocycles. The third-order valence-electron chi connectivity index (χ3n) is 5.51. The van der Waals surface area contributed by atoms with Gasteiger partial charge in [-0.2, -0.15) is 5.10 Å². The lowest BCUT2D eigenvalue weighted by Crippen LogP contribution is -2.38. The Balaban J connectivity index is 1.70. The minimum atomic E-state index is -0.0765. The number of likely N-dealkylation sites (tertiary alicyclic amines) is 1. The third-order valence-corrected chi connectivity index (χ3v) is 5.81. The second-order valence-corrected chi connectivity index (χ2v) is 8.13. The van der Waals surface area contributed by atoms with Gasteiger partial charge in [0, 0.05) is 26.0 Å². The van der Waals surface area contributed by atoms with Crippen LogP contribution in [0.4, 0.5) is 0 Å². The van der Waals surface area contributed by atoms with Gasteiger partial charge in [0.25, 0.3) is 5.91 Å². The first-order chi connectivity index (χ1) is 14.5. The van der Waals surface area contributed by atoms with E-state index in [1.54, 1.807) is 17.9 Å². The highest BCUT2D eigenvalue weighted by Crippen LogP contribution is 2.37. The number of aromatic nitrogens is 3. The van der Waals surface area contributed by atoms with Crippen LogP contribution in [-0.2, 0) is 7.05 Å². The quantitative estimate of drug-likeness (QED) is 0.574. The molecule has 0 saturated carbocycles. The van der Waals surface area contributed by atoms with Crippen LogP contribution in [0.5, 0.6) is 11.6 Å². The molecule has 156 valence electrons. The molecule has 1 aliphatic rings. The number of halogens is 1. The molecule has 1 aliphatic heterocycles. The monoisotopic (exact) mass is 424 g/mol. The van der Waals surface area contributed by atoms with Gasteiger partial charge in [-0.15, -0.1) is 0 Å². The first kappa shape index (κ1) is 20.4. The van der Waals surface area contributed by atoms with Crippen molar-refractivity contribution in [2.75, 3.05) is 6.54 Å². The van der Waals surface area contributed by atoms with Crippen LogP contribution in [0.2, 0.25) is 5.02 Å². The zero-order valence-electron chi connectivity index (χ0n) is 17.4. The molecule has 1 aromatic carbocycles. The lowest BCUT2D eigenvalue weighted by atomic mass is 9.95. The fraction of sp³-hybridized carbons (Fsp3) is 0.348. The van der Waals surface area contributed by atoms with Gasteiger partial charge in [0.2, 0.25) is 5.88 Å². The van der Waals surface area contributed by atoms with E-state index in [2.05, 4.69) is 10.1 Å². The van der Waals surface area contributed by atoms with Gasteiger partial charge in [0.15, 0.2) is 0 Å². The molecule has 1 unspecified atom stereocenters. The largest absolute Gasteiger partial charge is 0.437 e. The lowest BCUT2D eigenvalue weighted by Gasteiger charge is -2.36. The molecule has 1 saturated heterocycles.